The fraction of sp³-hybridized carbons (Fsp3) is 1.00. The molecule has 0 amide bonds. The van der Waals surface area contributed by atoms with E-state index in [2.05, 4.69) is 12.2 Å². The van der Waals surface area contributed by atoms with Crippen molar-refractivity contribution in [3.8, 4) is 0 Å². The number of thioether (sulfide) groups is 1. The summed E-state index contributed by atoms with van der Waals surface area (Å²) in [6, 6.07) is 0.612. The summed E-state index contributed by atoms with van der Waals surface area (Å²) in [5.74, 6) is 2.10. The molecule has 1 unspecified atom stereocenters. The zero-order valence-electron chi connectivity index (χ0n) is 9.95. The monoisotopic (exact) mass is 253 g/mol. The SMILES string of the molecule is CCC(CCCSCCS(C)(=O)=O)NC. The molecule has 0 saturated heterocycles. The molecule has 0 saturated carbocycles. The van der Waals surface area contributed by atoms with Crippen molar-refractivity contribution >= 4 is 21.6 Å². The van der Waals surface area contributed by atoms with Crippen LogP contribution >= 0.6 is 11.8 Å². The molecule has 0 heterocycles. The maximum atomic E-state index is 10.8. The Morgan fingerprint density at radius 1 is 1.33 bits per heavy atom. The number of nitrogens with one attached hydrogen (secondary N) is 1. The molecule has 0 aromatic heterocycles. The van der Waals surface area contributed by atoms with Crippen molar-refractivity contribution in [2.75, 3.05) is 30.6 Å². The average Bonchev–Trinajstić information content (AvgIpc) is 2.15. The highest BCUT2D eigenvalue weighted by molar-refractivity contribution is 8.00. The van der Waals surface area contributed by atoms with Gasteiger partial charge in [0.15, 0.2) is 0 Å². The molecule has 0 aliphatic rings. The normalized spacial score (nSPS) is 14.1. The molecule has 0 aliphatic carbocycles. The molecule has 15 heavy (non-hydrogen) atoms. The number of rotatable bonds is 9. The van der Waals surface area contributed by atoms with Gasteiger partial charge in [0, 0.05) is 18.1 Å². The molecule has 0 aromatic rings. The van der Waals surface area contributed by atoms with E-state index >= 15 is 0 Å². The van der Waals surface area contributed by atoms with Gasteiger partial charge in [0.25, 0.3) is 0 Å². The molecule has 0 aromatic carbocycles. The Bertz CT molecular complexity index is 236. The molecule has 0 radical (unpaired) electrons. The maximum Gasteiger partial charge on any atom is 0.148 e. The lowest BCUT2D eigenvalue weighted by Crippen LogP contribution is -2.24. The maximum absolute atomic E-state index is 10.8. The first-order chi connectivity index (χ1) is 6.99. The van der Waals surface area contributed by atoms with Gasteiger partial charge in [-0.15, -0.1) is 0 Å². The molecule has 0 fully saturated rings. The van der Waals surface area contributed by atoms with Crippen LogP contribution in [0.1, 0.15) is 26.2 Å². The van der Waals surface area contributed by atoms with Gasteiger partial charge in [0.2, 0.25) is 0 Å². The fourth-order valence-corrected chi connectivity index (χ4v) is 3.55. The van der Waals surface area contributed by atoms with Gasteiger partial charge in [-0.05, 0) is 32.1 Å². The Hall–Kier alpha value is 0.260. The quantitative estimate of drug-likeness (QED) is 0.633. The Morgan fingerprint density at radius 3 is 2.47 bits per heavy atom. The lowest BCUT2D eigenvalue weighted by molar-refractivity contribution is 0.504. The third kappa shape index (κ3) is 10.5. The highest BCUT2D eigenvalue weighted by Gasteiger charge is 2.03. The largest absolute Gasteiger partial charge is 0.317 e. The van der Waals surface area contributed by atoms with Crippen LogP contribution in [0.5, 0.6) is 0 Å². The molecule has 0 bridgehead atoms. The minimum atomic E-state index is -2.77. The Balaban J connectivity index is 3.32. The molecule has 0 rings (SSSR count). The van der Waals surface area contributed by atoms with Gasteiger partial charge in [0.05, 0.1) is 5.75 Å². The second-order valence-corrected chi connectivity index (χ2v) is 7.26. The van der Waals surface area contributed by atoms with E-state index < -0.39 is 9.84 Å². The number of hydrogen-bond donors (Lipinski definition) is 1. The van der Waals surface area contributed by atoms with Crippen LogP contribution < -0.4 is 5.32 Å². The summed E-state index contributed by atoms with van der Waals surface area (Å²) in [5.41, 5.74) is 0. The van der Waals surface area contributed by atoms with Gasteiger partial charge in [-0.3, -0.25) is 0 Å². The van der Waals surface area contributed by atoms with Crippen molar-refractivity contribution in [3.63, 3.8) is 0 Å². The zero-order chi connectivity index (χ0) is 11.7. The van der Waals surface area contributed by atoms with E-state index in [4.69, 9.17) is 0 Å². The summed E-state index contributed by atoms with van der Waals surface area (Å²) in [4.78, 5) is 0. The van der Waals surface area contributed by atoms with Gasteiger partial charge in [-0.1, -0.05) is 6.92 Å². The second kappa shape index (κ2) is 8.42. The van der Waals surface area contributed by atoms with Crippen LogP contribution in [0.2, 0.25) is 0 Å². The molecule has 0 aliphatic heterocycles. The average molecular weight is 253 g/mol. The van der Waals surface area contributed by atoms with Crippen LogP contribution in [0.4, 0.5) is 0 Å². The van der Waals surface area contributed by atoms with Crippen molar-refractivity contribution in [2.45, 2.75) is 32.2 Å². The molecule has 1 atom stereocenters. The summed E-state index contributed by atoms with van der Waals surface area (Å²) in [6.07, 6.45) is 4.79. The van der Waals surface area contributed by atoms with Crippen LogP contribution in [0.25, 0.3) is 0 Å². The summed E-state index contributed by atoms with van der Waals surface area (Å²) in [5, 5.41) is 3.26. The third-order valence-corrected chi connectivity index (χ3v) is 4.62. The number of hydrogen-bond acceptors (Lipinski definition) is 4. The molecule has 3 nitrogen and oxygen atoms in total. The van der Waals surface area contributed by atoms with Crippen LogP contribution in [-0.4, -0.2) is 45.0 Å². The molecule has 92 valence electrons. The van der Waals surface area contributed by atoms with E-state index in [-0.39, 0.29) is 0 Å². The van der Waals surface area contributed by atoms with Gasteiger partial charge in [-0.25, -0.2) is 8.42 Å². The highest BCUT2D eigenvalue weighted by atomic mass is 32.2. The summed E-state index contributed by atoms with van der Waals surface area (Å²) >= 11 is 1.74. The Kier molecular flexibility index (Phi) is 8.56. The minimum absolute atomic E-state index is 0.306. The fourth-order valence-electron chi connectivity index (χ4n) is 1.30. The summed E-state index contributed by atoms with van der Waals surface area (Å²) < 4.78 is 21.7. The van der Waals surface area contributed by atoms with Crippen LogP contribution in [0.3, 0.4) is 0 Å². The second-order valence-electron chi connectivity index (χ2n) is 3.78. The molecular formula is C10H23NO2S2. The first kappa shape index (κ1) is 15.3. The van der Waals surface area contributed by atoms with Crippen molar-refractivity contribution in [1.82, 2.24) is 5.32 Å². The minimum Gasteiger partial charge on any atom is -0.317 e. The van der Waals surface area contributed by atoms with Crippen LogP contribution in [-0.2, 0) is 9.84 Å². The van der Waals surface area contributed by atoms with Gasteiger partial charge in [0.1, 0.15) is 9.84 Å². The van der Waals surface area contributed by atoms with Gasteiger partial charge >= 0.3 is 0 Å². The van der Waals surface area contributed by atoms with Crippen molar-refractivity contribution in [3.05, 3.63) is 0 Å². The van der Waals surface area contributed by atoms with E-state index in [1.807, 2.05) is 7.05 Å². The van der Waals surface area contributed by atoms with E-state index in [9.17, 15) is 8.42 Å². The standard InChI is InChI=1S/C10H23NO2S2/c1-4-10(11-2)6-5-7-14-8-9-15(3,12)13/h10-11H,4-9H2,1-3H3. The van der Waals surface area contributed by atoms with Gasteiger partial charge < -0.3 is 5.32 Å². The van der Waals surface area contributed by atoms with Crippen LogP contribution in [0, 0.1) is 0 Å². The van der Waals surface area contributed by atoms with Crippen molar-refractivity contribution in [1.29, 1.82) is 0 Å². The van der Waals surface area contributed by atoms with E-state index in [0.29, 0.717) is 11.8 Å². The number of sulfone groups is 1. The Labute approximate surface area is 98.3 Å². The topological polar surface area (TPSA) is 46.2 Å². The van der Waals surface area contributed by atoms with Crippen molar-refractivity contribution < 1.29 is 8.42 Å². The Morgan fingerprint density at radius 2 is 2.00 bits per heavy atom. The first-order valence-corrected chi connectivity index (χ1v) is 8.64. The lowest BCUT2D eigenvalue weighted by Gasteiger charge is -2.12. The van der Waals surface area contributed by atoms with Crippen LogP contribution in [0.15, 0.2) is 0 Å². The predicted molar refractivity (Wildman–Crippen MR) is 69.4 cm³/mol. The van der Waals surface area contributed by atoms with Gasteiger partial charge in [-0.2, -0.15) is 11.8 Å². The van der Waals surface area contributed by atoms with E-state index in [1.54, 1.807) is 11.8 Å². The molecular weight excluding hydrogens is 230 g/mol. The third-order valence-electron chi connectivity index (χ3n) is 2.34. The smallest absolute Gasteiger partial charge is 0.148 e. The molecule has 1 N–H and O–H groups in total. The molecule has 0 spiro atoms. The zero-order valence-corrected chi connectivity index (χ0v) is 11.6. The lowest BCUT2D eigenvalue weighted by atomic mass is 10.1. The summed E-state index contributed by atoms with van der Waals surface area (Å²) in [6.45, 7) is 2.18. The van der Waals surface area contributed by atoms with E-state index in [0.717, 1.165) is 24.3 Å². The highest BCUT2D eigenvalue weighted by Crippen LogP contribution is 2.08. The summed E-state index contributed by atoms with van der Waals surface area (Å²) in [7, 11) is -0.779. The van der Waals surface area contributed by atoms with E-state index in [1.165, 1.54) is 12.7 Å². The van der Waals surface area contributed by atoms with Crippen molar-refractivity contribution in [2.24, 2.45) is 0 Å². The molecule has 5 heteroatoms. The first-order valence-electron chi connectivity index (χ1n) is 5.42. The predicted octanol–water partition coefficient (Wildman–Crippen LogP) is 1.54.